The van der Waals surface area contributed by atoms with Crippen LogP contribution in [0.15, 0.2) is 46.9 Å². The minimum Gasteiger partial charge on any atom is -0.395 e. The summed E-state index contributed by atoms with van der Waals surface area (Å²) < 4.78 is 0. The number of hydrogen-bond acceptors (Lipinski definition) is 5. The number of carbonyl (C=O) groups is 1. The lowest BCUT2D eigenvalue weighted by Crippen LogP contribution is -2.20. The fraction of sp³-hybridized carbons (Fsp3) is 0.200. The summed E-state index contributed by atoms with van der Waals surface area (Å²) in [6.45, 7) is 0.707. The number of nitrogens with zero attached hydrogens (tertiary/aromatic N) is 2. The van der Waals surface area contributed by atoms with Gasteiger partial charge in [0.2, 0.25) is 0 Å². The first-order chi connectivity index (χ1) is 10.2. The lowest BCUT2D eigenvalue weighted by molar-refractivity contribution is 0.0959. The van der Waals surface area contributed by atoms with Gasteiger partial charge in [0.1, 0.15) is 0 Å². The van der Waals surface area contributed by atoms with Crippen LogP contribution in [0.2, 0.25) is 0 Å². The number of amides is 1. The lowest BCUT2D eigenvalue weighted by Gasteiger charge is -2.17. The Hall–Kier alpha value is -2.18. The van der Waals surface area contributed by atoms with Crippen LogP contribution in [0.1, 0.15) is 15.2 Å². The Kier molecular flexibility index (Phi) is 5.48. The summed E-state index contributed by atoms with van der Waals surface area (Å²) in [5, 5.41) is 14.7. The molecule has 0 radical (unpaired) electrons. The van der Waals surface area contributed by atoms with Crippen LogP contribution in [0.4, 0.5) is 5.69 Å². The monoisotopic (exact) mass is 303 g/mol. The van der Waals surface area contributed by atoms with Crippen molar-refractivity contribution in [3.63, 3.8) is 0 Å². The van der Waals surface area contributed by atoms with Crippen LogP contribution < -0.4 is 10.3 Å². The van der Waals surface area contributed by atoms with E-state index >= 15 is 0 Å². The predicted octanol–water partition coefficient (Wildman–Crippen LogP) is 1.94. The molecule has 1 amide bonds. The molecule has 21 heavy (non-hydrogen) atoms. The summed E-state index contributed by atoms with van der Waals surface area (Å²) in [6, 6.07) is 11.3. The quantitative estimate of drug-likeness (QED) is 0.633. The van der Waals surface area contributed by atoms with Gasteiger partial charge in [-0.2, -0.15) is 5.10 Å². The molecule has 0 saturated carbocycles. The molecule has 0 fully saturated rings. The first kappa shape index (κ1) is 15.2. The Balaban J connectivity index is 1.91. The highest BCUT2D eigenvalue weighted by Crippen LogP contribution is 2.12. The maximum Gasteiger partial charge on any atom is 0.281 e. The van der Waals surface area contributed by atoms with Crippen molar-refractivity contribution in [2.75, 3.05) is 25.1 Å². The third kappa shape index (κ3) is 4.40. The molecular formula is C15H17N3O2S. The summed E-state index contributed by atoms with van der Waals surface area (Å²) >= 11 is 1.38. The number of rotatable bonds is 6. The fourth-order valence-electron chi connectivity index (χ4n) is 1.72. The minimum atomic E-state index is -0.208. The number of hydrazone groups is 1. The highest BCUT2D eigenvalue weighted by molar-refractivity contribution is 7.12. The Morgan fingerprint density at radius 3 is 2.76 bits per heavy atom. The molecule has 0 bridgehead atoms. The Morgan fingerprint density at radius 2 is 2.14 bits per heavy atom. The van der Waals surface area contributed by atoms with Gasteiger partial charge in [-0.25, -0.2) is 5.43 Å². The van der Waals surface area contributed by atoms with Gasteiger partial charge < -0.3 is 10.0 Å². The SMILES string of the molecule is CN(CCO)c1ccc(/C=N\NC(=O)c2cccs2)cc1. The summed E-state index contributed by atoms with van der Waals surface area (Å²) in [5.74, 6) is -0.208. The summed E-state index contributed by atoms with van der Waals surface area (Å²) in [6.07, 6.45) is 1.60. The van der Waals surface area contributed by atoms with E-state index in [0.29, 0.717) is 11.4 Å². The van der Waals surface area contributed by atoms with Crippen molar-refractivity contribution in [1.29, 1.82) is 0 Å². The van der Waals surface area contributed by atoms with Crippen molar-refractivity contribution in [2.24, 2.45) is 5.10 Å². The van der Waals surface area contributed by atoms with Crippen LogP contribution in [0.25, 0.3) is 0 Å². The lowest BCUT2D eigenvalue weighted by atomic mass is 10.2. The molecule has 1 heterocycles. The number of anilines is 1. The van der Waals surface area contributed by atoms with Gasteiger partial charge in [-0.1, -0.05) is 18.2 Å². The summed E-state index contributed by atoms with van der Waals surface area (Å²) in [7, 11) is 1.92. The second-order valence-electron chi connectivity index (χ2n) is 4.41. The standard InChI is InChI=1S/C15H17N3O2S/c1-18(8-9-19)13-6-4-12(5-7-13)11-16-17-15(20)14-3-2-10-21-14/h2-7,10-11,19H,8-9H2,1H3,(H,17,20)/b16-11-. The summed E-state index contributed by atoms with van der Waals surface area (Å²) in [5.41, 5.74) is 4.40. The van der Waals surface area contributed by atoms with E-state index in [-0.39, 0.29) is 12.5 Å². The van der Waals surface area contributed by atoms with E-state index in [9.17, 15) is 4.79 Å². The molecule has 2 rings (SSSR count). The minimum absolute atomic E-state index is 0.120. The smallest absolute Gasteiger partial charge is 0.281 e. The fourth-order valence-corrected chi connectivity index (χ4v) is 2.34. The average Bonchev–Trinajstić information content (AvgIpc) is 3.02. The molecular weight excluding hydrogens is 286 g/mol. The zero-order valence-corrected chi connectivity index (χ0v) is 12.5. The van der Waals surface area contributed by atoms with Crippen LogP contribution in [-0.2, 0) is 0 Å². The van der Waals surface area contributed by atoms with Crippen molar-refractivity contribution in [3.8, 4) is 0 Å². The van der Waals surface area contributed by atoms with Crippen molar-refractivity contribution < 1.29 is 9.90 Å². The summed E-state index contributed by atoms with van der Waals surface area (Å²) in [4.78, 5) is 14.3. The van der Waals surface area contributed by atoms with Gasteiger partial charge in [0, 0.05) is 19.3 Å². The first-order valence-corrected chi connectivity index (χ1v) is 7.37. The molecule has 1 aromatic carbocycles. The van der Waals surface area contributed by atoms with E-state index in [4.69, 9.17) is 5.11 Å². The molecule has 2 N–H and O–H groups in total. The largest absolute Gasteiger partial charge is 0.395 e. The number of hydrogen-bond donors (Lipinski definition) is 2. The average molecular weight is 303 g/mol. The maximum absolute atomic E-state index is 11.7. The van der Waals surface area contributed by atoms with Gasteiger partial charge in [-0.3, -0.25) is 4.79 Å². The van der Waals surface area contributed by atoms with Gasteiger partial charge >= 0.3 is 0 Å². The van der Waals surface area contributed by atoms with Gasteiger partial charge in [0.25, 0.3) is 5.91 Å². The zero-order chi connectivity index (χ0) is 15.1. The number of carbonyl (C=O) groups excluding carboxylic acids is 1. The maximum atomic E-state index is 11.7. The molecule has 0 aliphatic rings. The van der Waals surface area contributed by atoms with Crippen molar-refractivity contribution in [2.45, 2.75) is 0 Å². The van der Waals surface area contributed by atoms with Gasteiger partial charge in [0.05, 0.1) is 17.7 Å². The number of nitrogens with one attached hydrogen (secondary N) is 1. The third-order valence-corrected chi connectivity index (χ3v) is 3.76. The molecule has 0 aliphatic heterocycles. The number of aliphatic hydroxyl groups excluding tert-OH is 1. The van der Waals surface area contributed by atoms with Crippen LogP contribution in [0.3, 0.4) is 0 Å². The van der Waals surface area contributed by atoms with E-state index in [2.05, 4.69) is 10.5 Å². The number of likely N-dealkylation sites (N-methyl/N-ethyl adjacent to an activating group) is 1. The van der Waals surface area contributed by atoms with Crippen LogP contribution in [0.5, 0.6) is 0 Å². The molecule has 0 atom stereocenters. The van der Waals surface area contributed by atoms with Crippen LogP contribution >= 0.6 is 11.3 Å². The highest BCUT2D eigenvalue weighted by atomic mass is 32.1. The number of thiophene rings is 1. The molecule has 2 aromatic rings. The van der Waals surface area contributed by atoms with E-state index in [0.717, 1.165) is 11.3 Å². The third-order valence-electron chi connectivity index (χ3n) is 2.89. The Labute approximate surface area is 127 Å². The topological polar surface area (TPSA) is 64.9 Å². The van der Waals surface area contributed by atoms with Gasteiger partial charge in [-0.05, 0) is 29.1 Å². The highest BCUT2D eigenvalue weighted by Gasteiger charge is 2.03. The molecule has 1 aromatic heterocycles. The molecule has 0 saturated heterocycles. The normalized spacial score (nSPS) is 10.8. The molecule has 6 heteroatoms. The van der Waals surface area contributed by atoms with E-state index < -0.39 is 0 Å². The van der Waals surface area contributed by atoms with Gasteiger partial charge in [-0.15, -0.1) is 11.3 Å². The van der Waals surface area contributed by atoms with Crippen LogP contribution in [-0.4, -0.2) is 37.4 Å². The van der Waals surface area contributed by atoms with Crippen LogP contribution in [0, 0.1) is 0 Å². The van der Waals surface area contributed by atoms with Crippen molar-refractivity contribution in [1.82, 2.24) is 5.43 Å². The molecule has 0 aliphatic carbocycles. The number of benzene rings is 1. The first-order valence-electron chi connectivity index (χ1n) is 6.49. The van der Waals surface area contributed by atoms with Gasteiger partial charge in [0.15, 0.2) is 0 Å². The molecule has 5 nitrogen and oxygen atoms in total. The van der Waals surface area contributed by atoms with E-state index in [1.165, 1.54) is 11.3 Å². The van der Waals surface area contributed by atoms with E-state index in [1.807, 2.05) is 47.7 Å². The Bertz CT molecular complexity index is 594. The molecule has 110 valence electrons. The second-order valence-corrected chi connectivity index (χ2v) is 5.36. The molecule has 0 spiro atoms. The zero-order valence-electron chi connectivity index (χ0n) is 11.7. The van der Waals surface area contributed by atoms with E-state index in [1.54, 1.807) is 12.3 Å². The molecule has 0 unspecified atom stereocenters. The second kappa shape index (κ2) is 7.56. The Morgan fingerprint density at radius 1 is 1.38 bits per heavy atom. The van der Waals surface area contributed by atoms with Crippen molar-refractivity contribution >= 4 is 29.1 Å². The van der Waals surface area contributed by atoms with Crippen molar-refractivity contribution in [3.05, 3.63) is 52.2 Å². The predicted molar refractivity (Wildman–Crippen MR) is 86.2 cm³/mol. The number of aliphatic hydroxyl groups is 1.